The molecule has 0 unspecified atom stereocenters. The SMILES string of the molecule is CCO[C@H]1[C@@H](C(=O)CCc2cccc(Cl)c2F)N(C(=O)Cn2cc(C(C)=O)c3cc(C)ncc32)C[C@@H]1F. The summed E-state index contributed by atoms with van der Waals surface area (Å²) in [7, 11) is 0. The Bertz CT molecular complexity index is 1360. The van der Waals surface area contributed by atoms with Crippen LogP contribution < -0.4 is 0 Å². The molecule has 0 spiro atoms. The molecule has 7 nitrogen and oxygen atoms in total. The second-order valence-corrected chi connectivity index (χ2v) is 9.58. The van der Waals surface area contributed by atoms with Gasteiger partial charge in [-0.2, -0.15) is 0 Å². The molecule has 0 radical (unpaired) electrons. The summed E-state index contributed by atoms with van der Waals surface area (Å²) in [5.74, 6) is -1.69. The van der Waals surface area contributed by atoms with Crippen molar-refractivity contribution in [1.82, 2.24) is 14.5 Å². The first-order chi connectivity index (χ1) is 17.6. The Hall–Kier alpha value is -3.17. The molecule has 0 N–H and O–H groups in total. The summed E-state index contributed by atoms with van der Waals surface area (Å²) in [6.45, 7) is 4.57. The van der Waals surface area contributed by atoms with Gasteiger partial charge in [-0.05, 0) is 44.9 Å². The van der Waals surface area contributed by atoms with Gasteiger partial charge in [-0.3, -0.25) is 19.4 Å². The number of amides is 1. The van der Waals surface area contributed by atoms with Crippen molar-refractivity contribution in [2.24, 2.45) is 0 Å². The van der Waals surface area contributed by atoms with Crippen LogP contribution in [0.4, 0.5) is 8.78 Å². The molecule has 1 saturated heterocycles. The topological polar surface area (TPSA) is 81.5 Å². The molecule has 1 aliphatic heterocycles. The van der Waals surface area contributed by atoms with Crippen molar-refractivity contribution in [3.63, 3.8) is 0 Å². The number of rotatable bonds is 9. The first-order valence-corrected chi connectivity index (χ1v) is 12.5. The third-order valence-corrected chi connectivity index (χ3v) is 6.94. The Morgan fingerprint density at radius 1 is 1.27 bits per heavy atom. The van der Waals surface area contributed by atoms with Crippen LogP contribution in [0.5, 0.6) is 0 Å². The van der Waals surface area contributed by atoms with Gasteiger partial charge in [0.15, 0.2) is 11.6 Å². The number of ether oxygens (including phenoxy) is 1. The number of nitrogens with zero attached hydrogens (tertiary/aromatic N) is 3. The lowest BCUT2D eigenvalue weighted by Gasteiger charge is -2.27. The molecule has 1 aliphatic rings. The molecule has 1 fully saturated rings. The lowest BCUT2D eigenvalue weighted by molar-refractivity contribution is -0.141. The van der Waals surface area contributed by atoms with E-state index in [1.807, 2.05) is 0 Å². The zero-order valence-electron chi connectivity index (χ0n) is 20.8. The van der Waals surface area contributed by atoms with Crippen LogP contribution >= 0.6 is 11.6 Å². The summed E-state index contributed by atoms with van der Waals surface area (Å²) in [6, 6.07) is 5.15. The van der Waals surface area contributed by atoms with Crippen molar-refractivity contribution in [1.29, 1.82) is 0 Å². The summed E-state index contributed by atoms with van der Waals surface area (Å²) in [6.07, 6.45) is 0.412. The second-order valence-electron chi connectivity index (χ2n) is 9.18. The van der Waals surface area contributed by atoms with Crippen molar-refractivity contribution in [2.75, 3.05) is 13.2 Å². The average molecular weight is 532 g/mol. The predicted octanol–water partition coefficient (Wildman–Crippen LogP) is 4.50. The highest BCUT2D eigenvalue weighted by Crippen LogP contribution is 2.29. The van der Waals surface area contributed by atoms with Crippen molar-refractivity contribution in [2.45, 2.75) is 58.5 Å². The van der Waals surface area contributed by atoms with Crippen LogP contribution in [0.2, 0.25) is 5.02 Å². The first kappa shape index (κ1) is 26.9. The molecule has 3 atom stereocenters. The molecule has 3 heterocycles. The standard InChI is InChI=1S/C27H28ClF2N3O4/c1-4-37-27-21(29)13-33(26(27)23(35)9-8-17-6-5-7-20(28)25(17)30)24(36)14-32-12-19(16(3)34)18-10-15(2)31-11-22(18)32/h5-7,10-12,21,26-27H,4,8-9,13-14H2,1-3H3/t21-,26+,27+/m0/s1. The molecule has 1 amide bonds. The van der Waals surface area contributed by atoms with Crippen molar-refractivity contribution in [3.8, 4) is 0 Å². The number of benzene rings is 1. The van der Waals surface area contributed by atoms with Gasteiger partial charge in [0.05, 0.1) is 23.3 Å². The molecular weight excluding hydrogens is 504 g/mol. The van der Waals surface area contributed by atoms with Gasteiger partial charge < -0.3 is 14.2 Å². The lowest BCUT2D eigenvalue weighted by atomic mass is 9.99. The van der Waals surface area contributed by atoms with Crippen molar-refractivity contribution < 1.29 is 27.9 Å². The van der Waals surface area contributed by atoms with Gasteiger partial charge in [-0.25, -0.2) is 8.78 Å². The minimum absolute atomic E-state index is 0.0489. The quantitative estimate of drug-likeness (QED) is 0.380. The Labute approximate surface area is 218 Å². The highest BCUT2D eigenvalue weighted by atomic mass is 35.5. The van der Waals surface area contributed by atoms with Gasteiger partial charge in [-0.15, -0.1) is 0 Å². The molecule has 0 aliphatic carbocycles. The highest BCUT2D eigenvalue weighted by Gasteiger charge is 2.48. The maximum Gasteiger partial charge on any atom is 0.243 e. The number of carbonyl (C=O) groups excluding carboxylic acids is 3. The van der Waals surface area contributed by atoms with Gasteiger partial charge in [0.1, 0.15) is 30.7 Å². The van der Waals surface area contributed by atoms with Crippen LogP contribution in [0, 0.1) is 12.7 Å². The Kier molecular flexibility index (Phi) is 8.04. The largest absolute Gasteiger partial charge is 0.373 e. The predicted molar refractivity (Wildman–Crippen MR) is 135 cm³/mol. The summed E-state index contributed by atoms with van der Waals surface area (Å²) in [5, 5.41) is 0.619. The molecule has 10 heteroatoms. The minimum atomic E-state index is -1.56. The lowest BCUT2D eigenvalue weighted by Crippen LogP contribution is -2.47. The third kappa shape index (κ3) is 5.43. The molecule has 196 valence electrons. The van der Waals surface area contributed by atoms with Crippen LogP contribution in [-0.4, -0.2) is 63.4 Å². The van der Waals surface area contributed by atoms with E-state index in [0.717, 1.165) is 5.69 Å². The molecular formula is C27H28ClF2N3O4. The number of Topliss-reactive ketones (excluding diaryl/α,β-unsaturated/α-hetero) is 2. The van der Waals surface area contributed by atoms with E-state index in [2.05, 4.69) is 4.98 Å². The monoisotopic (exact) mass is 531 g/mol. The zero-order valence-corrected chi connectivity index (χ0v) is 21.6. The molecule has 0 saturated carbocycles. The van der Waals surface area contributed by atoms with E-state index in [1.54, 1.807) is 42.9 Å². The molecule has 4 rings (SSSR count). The summed E-state index contributed by atoms with van der Waals surface area (Å²) in [5.41, 5.74) is 2.02. The fourth-order valence-corrected chi connectivity index (χ4v) is 5.06. The van der Waals surface area contributed by atoms with Gasteiger partial charge in [0.25, 0.3) is 0 Å². The average Bonchev–Trinajstić information content (AvgIpc) is 3.37. The number of pyridine rings is 1. The number of ketones is 2. The van der Waals surface area contributed by atoms with Gasteiger partial charge in [0.2, 0.25) is 5.91 Å². The Morgan fingerprint density at radius 3 is 2.73 bits per heavy atom. The number of fused-ring (bicyclic) bond motifs is 1. The van der Waals surface area contributed by atoms with Crippen LogP contribution in [-0.2, 0) is 27.3 Å². The van der Waals surface area contributed by atoms with Crippen LogP contribution in [0.1, 0.15) is 41.9 Å². The molecule has 2 aromatic heterocycles. The third-order valence-electron chi connectivity index (χ3n) is 6.65. The van der Waals surface area contributed by atoms with E-state index < -0.39 is 35.8 Å². The molecule has 0 bridgehead atoms. The number of carbonyl (C=O) groups is 3. The summed E-state index contributed by atoms with van der Waals surface area (Å²) < 4.78 is 36.5. The molecule has 37 heavy (non-hydrogen) atoms. The fraction of sp³-hybridized carbons (Fsp3) is 0.407. The van der Waals surface area contributed by atoms with Crippen LogP contribution in [0.15, 0.2) is 36.7 Å². The maximum atomic E-state index is 15.0. The van der Waals surface area contributed by atoms with Gasteiger partial charge >= 0.3 is 0 Å². The summed E-state index contributed by atoms with van der Waals surface area (Å²) >= 11 is 5.84. The minimum Gasteiger partial charge on any atom is -0.373 e. The van der Waals surface area contributed by atoms with E-state index in [4.69, 9.17) is 16.3 Å². The van der Waals surface area contributed by atoms with E-state index in [9.17, 15) is 18.8 Å². The number of halogens is 3. The fourth-order valence-electron chi connectivity index (χ4n) is 4.87. The van der Waals surface area contributed by atoms with E-state index in [1.165, 1.54) is 24.0 Å². The van der Waals surface area contributed by atoms with Crippen molar-refractivity contribution >= 4 is 40.0 Å². The van der Waals surface area contributed by atoms with E-state index in [-0.39, 0.29) is 48.9 Å². The number of alkyl halides is 1. The Balaban J connectivity index is 1.59. The highest BCUT2D eigenvalue weighted by molar-refractivity contribution is 6.30. The first-order valence-electron chi connectivity index (χ1n) is 12.1. The number of aromatic nitrogens is 2. The normalized spacial score (nSPS) is 19.5. The summed E-state index contributed by atoms with van der Waals surface area (Å²) in [4.78, 5) is 44.4. The Morgan fingerprint density at radius 2 is 2.03 bits per heavy atom. The van der Waals surface area contributed by atoms with E-state index in [0.29, 0.717) is 16.5 Å². The molecule has 3 aromatic rings. The second kappa shape index (κ2) is 11.1. The number of hydrogen-bond acceptors (Lipinski definition) is 5. The van der Waals surface area contributed by atoms with Gasteiger partial charge in [-0.1, -0.05) is 23.7 Å². The van der Waals surface area contributed by atoms with E-state index >= 15 is 4.39 Å². The smallest absolute Gasteiger partial charge is 0.243 e. The van der Waals surface area contributed by atoms with Gasteiger partial charge in [0, 0.05) is 35.9 Å². The molecule has 1 aromatic carbocycles. The number of hydrogen-bond donors (Lipinski definition) is 0. The number of aryl methyl sites for hydroxylation is 2. The van der Waals surface area contributed by atoms with Crippen LogP contribution in [0.25, 0.3) is 10.9 Å². The number of likely N-dealkylation sites (tertiary alicyclic amines) is 1. The van der Waals surface area contributed by atoms with Crippen LogP contribution in [0.3, 0.4) is 0 Å². The maximum absolute atomic E-state index is 15.0. The zero-order chi connectivity index (χ0) is 26.9. The van der Waals surface area contributed by atoms with Crippen molar-refractivity contribution in [3.05, 3.63) is 64.3 Å².